The monoisotopic (exact) mass is 305 g/mol. The minimum Gasteiger partial charge on any atom is -0.486 e. The minimum atomic E-state index is -0.316. The highest BCUT2D eigenvalue weighted by Crippen LogP contribution is 2.30. The number of nitrogens with zero attached hydrogens (tertiary/aromatic N) is 1. The second-order valence-corrected chi connectivity index (χ2v) is 6.69. The number of nitrogens with two attached hydrogens (primary N) is 1. The number of nitrogen functional groups attached to an aromatic ring is 1. The molecule has 0 atom stereocenters. The molecule has 5 nitrogen and oxygen atoms in total. The van der Waals surface area contributed by atoms with Gasteiger partial charge in [0.15, 0.2) is 0 Å². The number of hydrazine groups is 1. The zero-order valence-corrected chi connectivity index (χ0v) is 13.2. The third-order valence-electron chi connectivity index (χ3n) is 2.82. The number of amides is 1. The zero-order valence-electron chi connectivity index (χ0n) is 12.3. The van der Waals surface area contributed by atoms with E-state index in [0.717, 1.165) is 16.5 Å². The van der Waals surface area contributed by atoms with E-state index in [9.17, 15) is 4.79 Å². The molecule has 1 amide bonds. The van der Waals surface area contributed by atoms with Crippen LogP contribution in [0.5, 0.6) is 5.75 Å². The number of ether oxygens (including phenoxy) is 1. The van der Waals surface area contributed by atoms with E-state index in [0.29, 0.717) is 11.5 Å². The highest BCUT2D eigenvalue weighted by Gasteiger charge is 2.26. The van der Waals surface area contributed by atoms with Crippen molar-refractivity contribution in [3.63, 3.8) is 0 Å². The van der Waals surface area contributed by atoms with Gasteiger partial charge in [-0.25, -0.2) is 10.8 Å². The number of aromatic nitrogens is 1. The molecule has 1 heterocycles. The van der Waals surface area contributed by atoms with Crippen LogP contribution in [0.4, 0.5) is 0 Å². The van der Waals surface area contributed by atoms with Crippen molar-refractivity contribution < 1.29 is 9.53 Å². The molecule has 0 saturated carbocycles. The maximum atomic E-state index is 11.9. The van der Waals surface area contributed by atoms with Gasteiger partial charge in [0.05, 0.1) is 5.69 Å². The fourth-order valence-electron chi connectivity index (χ4n) is 1.82. The molecule has 0 spiro atoms. The first-order chi connectivity index (χ1) is 9.91. The maximum absolute atomic E-state index is 11.9. The molecular weight excluding hydrogens is 286 g/mol. The van der Waals surface area contributed by atoms with Gasteiger partial charge in [0.2, 0.25) is 0 Å². The lowest BCUT2D eigenvalue weighted by molar-refractivity contribution is 0.0955. The van der Waals surface area contributed by atoms with E-state index in [1.165, 1.54) is 11.3 Å². The molecular formula is C15H19N3O2S. The summed E-state index contributed by atoms with van der Waals surface area (Å²) in [6, 6.07) is 9.51. The van der Waals surface area contributed by atoms with Crippen molar-refractivity contribution in [2.24, 2.45) is 5.84 Å². The summed E-state index contributed by atoms with van der Waals surface area (Å²) in [5.41, 5.74) is 2.68. The summed E-state index contributed by atoms with van der Waals surface area (Å²) in [5, 5.41) is 0.752. The quantitative estimate of drug-likeness (QED) is 0.517. The molecule has 0 saturated heterocycles. The molecule has 0 bridgehead atoms. The van der Waals surface area contributed by atoms with E-state index in [1.54, 1.807) is 0 Å². The van der Waals surface area contributed by atoms with E-state index < -0.39 is 0 Å². The van der Waals surface area contributed by atoms with E-state index in [4.69, 9.17) is 10.6 Å². The van der Waals surface area contributed by atoms with Gasteiger partial charge < -0.3 is 4.74 Å². The summed E-state index contributed by atoms with van der Waals surface area (Å²) in [7, 11) is 0. The van der Waals surface area contributed by atoms with Crippen molar-refractivity contribution in [3.8, 4) is 5.75 Å². The van der Waals surface area contributed by atoms with Gasteiger partial charge in [0.1, 0.15) is 22.2 Å². The Morgan fingerprint density at radius 2 is 2.00 bits per heavy atom. The van der Waals surface area contributed by atoms with Crippen LogP contribution < -0.4 is 16.0 Å². The Hall–Kier alpha value is -1.92. The SMILES string of the molecule is CC(C)(C)c1nc(COc2ccccc2)sc1C(=O)NN. The first-order valence-electron chi connectivity index (χ1n) is 6.61. The van der Waals surface area contributed by atoms with Gasteiger partial charge in [-0.3, -0.25) is 10.2 Å². The molecule has 1 aromatic heterocycles. The van der Waals surface area contributed by atoms with Crippen LogP contribution in [0, 0.1) is 0 Å². The number of para-hydroxylation sites is 1. The molecule has 3 N–H and O–H groups in total. The lowest BCUT2D eigenvalue weighted by atomic mass is 9.91. The summed E-state index contributed by atoms with van der Waals surface area (Å²) in [4.78, 5) is 16.9. The average Bonchev–Trinajstić information content (AvgIpc) is 2.90. The molecule has 0 radical (unpaired) electrons. The van der Waals surface area contributed by atoms with Gasteiger partial charge in [-0.15, -0.1) is 11.3 Å². The predicted octanol–water partition coefficient (Wildman–Crippen LogP) is 2.62. The minimum absolute atomic E-state index is 0.233. The van der Waals surface area contributed by atoms with Crippen molar-refractivity contribution in [2.45, 2.75) is 32.8 Å². The molecule has 0 aliphatic heterocycles. The largest absolute Gasteiger partial charge is 0.486 e. The molecule has 21 heavy (non-hydrogen) atoms. The number of carbonyl (C=O) groups is 1. The van der Waals surface area contributed by atoms with Crippen LogP contribution in [-0.4, -0.2) is 10.9 Å². The van der Waals surface area contributed by atoms with Crippen LogP contribution in [0.3, 0.4) is 0 Å². The molecule has 0 fully saturated rings. The number of hydrogen-bond donors (Lipinski definition) is 2. The summed E-state index contributed by atoms with van der Waals surface area (Å²) in [6.45, 7) is 6.36. The van der Waals surface area contributed by atoms with Gasteiger partial charge in [0, 0.05) is 5.41 Å². The van der Waals surface area contributed by atoms with Gasteiger partial charge >= 0.3 is 0 Å². The van der Waals surface area contributed by atoms with Gasteiger partial charge in [-0.1, -0.05) is 39.0 Å². The number of hydrogen-bond acceptors (Lipinski definition) is 5. The Labute approximate surface area is 128 Å². The first kappa shape index (κ1) is 15.5. The Bertz CT molecular complexity index is 618. The molecule has 0 aliphatic rings. The molecule has 2 rings (SSSR count). The van der Waals surface area contributed by atoms with Crippen LogP contribution >= 0.6 is 11.3 Å². The van der Waals surface area contributed by atoms with E-state index in [2.05, 4.69) is 10.4 Å². The fourth-order valence-corrected chi connectivity index (χ4v) is 2.91. The smallest absolute Gasteiger partial charge is 0.277 e. The molecule has 0 unspecified atom stereocenters. The van der Waals surface area contributed by atoms with Crippen LogP contribution in [0.2, 0.25) is 0 Å². The molecule has 112 valence electrons. The van der Waals surface area contributed by atoms with Crippen LogP contribution in [0.1, 0.15) is 41.1 Å². The maximum Gasteiger partial charge on any atom is 0.277 e. The second-order valence-electron chi connectivity index (χ2n) is 5.61. The Morgan fingerprint density at radius 3 is 2.57 bits per heavy atom. The van der Waals surface area contributed by atoms with Gasteiger partial charge in [-0.05, 0) is 12.1 Å². The van der Waals surface area contributed by atoms with Gasteiger partial charge in [-0.2, -0.15) is 0 Å². The molecule has 1 aromatic carbocycles. The number of thiazole rings is 1. The Kier molecular flexibility index (Phi) is 4.59. The highest BCUT2D eigenvalue weighted by atomic mass is 32.1. The van der Waals surface area contributed by atoms with Crippen molar-refractivity contribution in [2.75, 3.05) is 0 Å². The zero-order chi connectivity index (χ0) is 15.5. The summed E-state index contributed by atoms with van der Waals surface area (Å²) in [6.07, 6.45) is 0. The van der Waals surface area contributed by atoms with Crippen molar-refractivity contribution in [3.05, 3.63) is 45.9 Å². The summed E-state index contributed by atoms with van der Waals surface area (Å²) < 4.78 is 5.67. The van der Waals surface area contributed by atoms with E-state index in [1.807, 2.05) is 51.1 Å². The summed E-state index contributed by atoms with van der Waals surface area (Å²) >= 11 is 1.31. The van der Waals surface area contributed by atoms with E-state index in [-0.39, 0.29) is 11.3 Å². The lowest BCUT2D eigenvalue weighted by Crippen LogP contribution is -2.31. The van der Waals surface area contributed by atoms with Crippen molar-refractivity contribution >= 4 is 17.2 Å². The number of rotatable bonds is 4. The third-order valence-corrected chi connectivity index (χ3v) is 3.85. The highest BCUT2D eigenvalue weighted by molar-refractivity contribution is 7.13. The molecule has 2 aromatic rings. The van der Waals surface area contributed by atoms with Crippen molar-refractivity contribution in [1.82, 2.24) is 10.4 Å². The molecule has 0 aliphatic carbocycles. The van der Waals surface area contributed by atoms with Crippen molar-refractivity contribution in [1.29, 1.82) is 0 Å². The number of nitrogens with one attached hydrogen (secondary N) is 1. The normalized spacial score (nSPS) is 11.2. The second kappa shape index (κ2) is 6.24. The number of carbonyl (C=O) groups excluding carboxylic acids is 1. The Balaban J connectivity index is 2.21. The first-order valence-corrected chi connectivity index (χ1v) is 7.42. The van der Waals surface area contributed by atoms with Crippen LogP contribution in [-0.2, 0) is 12.0 Å². The van der Waals surface area contributed by atoms with E-state index >= 15 is 0 Å². The predicted molar refractivity (Wildman–Crippen MR) is 83.2 cm³/mol. The number of benzene rings is 1. The molecule has 6 heteroatoms. The average molecular weight is 305 g/mol. The third kappa shape index (κ3) is 3.80. The topological polar surface area (TPSA) is 77.2 Å². The van der Waals surface area contributed by atoms with Crippen LogP contribution in [0.15, 0.2) is 30.3 Å². The Morgan fingerprint density at radius 1 is 1.33 bits per heavy atom. The standard InChI is InChI=1S/C15H19N3O2S/c1-15(2,3)13-12(14(19)18-16)21-11(17-13)9-20-10-7-5-4-6-8-10/h4-8H,9,16H2,1-3H3,(H,18,19). The van der Waals surface area contributed by atoms with Gasteiger partial charge in [0.25, 0.3) is 5.91 Å². The lowest BCUT2D eigenvalue weighted by Gasteiger charge is -2.16. The summed E-state index contributed by atoms with van der Waals surface area (Å²) in [5.74, 6) is 5.70. The fraction of sp³-hybridized carbons (Fsp3) is 0.333. The van der Waals surface area contributed by atoms with Crippen LogP contribution in [0.25, 0.3) is 0 Å².